The van der Waals surface area contributed by atoms with Crippen molar-refractivity contribution in [3.63, 3.8) is 0 Å². The standard InChI is InChI=1S/C26H26FN5O4/c27-19-7-5-16(25-30-29-23-4-2-1-3-9-31(23)25)12-20(19)28-26(34)17-13-24(33)32(15-17)18-6-8-21-22(14-18)36-11-10-35-21/h5-8,12,14,17H,1-4,9-11,13,15H2,(H,28,34). The predicted molar refractivity (Wildman–Crippen MR) is 129 cm³/mol. The lowest BCUT2D eigenvalue weighted by molar-refractivity contribution is -0.122. The number of carbonyl (C=O) groups excluding carboxylic acids is 2. The lowest BCUT2D eigenvalue weighted by atomic mass is 10.1. The van der Waals surface area contributed by atoms with Crippen molar-refractivity contribution < 1.29 is 23.5 Å². The van der Waals surface area contributed by atoms with E-state index in [4.69, 9.17) is 9.47 Å². The number of nitrogens with zero attached hydrogens (tertiary/aromatic N) is 4. The molecule has 2 amide bonds. The van der Waals surface area contributed by atoms with Crippen LogP contribution >= 0.6 is 0 Å². The Kier molecular flexibility index (Phi) is 5.79. The Bertz CT molecular complexity index is 1340. The van der Waals surface area contributed by atoms with E-state index in [0.29, 0.717) is 41.8 Å². The highest BCUT2D eigenvalue weighted by atomic mass is 19.1. The number of nitrogens with one attached hydrogen (secondary N) is 1. The zero-order valence-corrected chi connectivity index (χ0v) is 19.7. The van der Waals surface area contributed by atoms with Gasteiger partial charge in [-0.1, -0.05) is 6.42 Å². The number of anilines is 2. The molecule has 4 heterocycles. The monoisotopic (exact) mass is 491 g/mol. The number of amides is 2. The van der Waals surface area contributed by atoms with E-state index in [1.54, 1.807) is 35.2 Å². The summed E-state index contributed by atoms with van der Waals surface area (Å²) in [6.07, 6.45) is 4.16. The Morgan fingerprint density at radius 3 is 2.78 bits per heavy atom. The number of hydrogen-bond donors (Lipinski definition) is 1. The molecule has 0 radical (unpaired) electrons. The second-order valence-electron chi connectivity index (χ2n) is 9.32. The van der Waals surface area contributed by atoms with Crippen LogP contribution in [0.1, 0.15) is 31.5 Å². The maximum atomic E-state index is 14.7. The molecule has 0 bridgehead atoms. The van der Waals surface area contributed by atoms with Crippen LogP contribution in [-0.2, 0) is 22.6 Å². The van der Waals surface area contributed by atoms with Gasteiger partial charge in [0.15, 0.2) is 17.3 Å². The summed E-state index contributed by atoms with van der Waals surface area (Å²) in [7, 11) is 0. The van der Waals surface area contributed by atoms with E-state index >= 15 is 0 Å². The summed E-state index contributed by atoms with van der Waals surface area (Å²) in [5.41, 5.74) is 1.39. The molecule has 6 rings (SSSR count). The van der Waals surface area contributed by atoms with Crippen LogP contribution < -0.4 is 19.7 Å². The summed E-state index contributed by atoms with van der Waals surface area (Å²) in [5.74, 6) is 1.07. The van der Waals surface area contributed by atoms with Gasteiger partial charge in [-0.2, -0.15) is 0 Å². The van der Waals surface area contributed by atoms with Crippen LogP contribution in [0.5, 0.6) is 11.5 Å². The van der Waals surface area contributed by atoms with Crippen LogP contribution in [0.2, 0.25) is 0 Å². The number of halogens is 1. The van der Waals surface area contributed by atoms with E-state index in [9.17, 15) is 14.0 Å². The van der Waals surface area contributed by atoms with Gasteiger partial charge in [0.05, 0.1) is 11.6 Å². The molecule has 3 aliphatic heterocycles. The first-order valence-corrected chi connectivity index (χ1v) is 12.3. The average Bonchev–Trinajstić information content (AvgIpc) is 3.40. The third-order valence-corrected chi connectivity index (χ3v) is 6.93. The molecule has 10 heteroatoms. The largest absolute Gasteiger partial charge is 0.486 e. The van der Waals surface area contributed by atoms with Crippen molar-refractivity contribution in [2.24, 2.45) is 5.92 Å². The fourth-order valence-electron chi connectivity index (χ4n) is 5.03. The lowest BCUT2D eigenvalue weighted by Crippen LogP contribution is -2.28. The van der Waals surface area contributed by atoms with Crippen LogP contribution in [0.25, 0.3) is 11.4 Å². The third kappa shape index (κ3) is 4.16. The van der Waals surface area contributed by atoms with Crippen molar-refractivity contribution >= 4 is 23.2 Å². The number of rotatable bonds is 4. The van der Waals surface area contributed by atoms with Gasteiger partial charge in [0.25, 0.3) is 0 Å². The number of carbonyl (C=O) groups is 2. The minimum atomic E-state index is -0.613. The molecule has 1 saturated heterocycles. The molecular formula is C26H26FN5O4. The normalized spacial score (nSPS) is 19.1. The van der Waals surface area contributed by atoms with E-state index < -0.39 is 17.6 Å². The number of fused-ring (bicyclic) bond motifs is 2. The maximum Gasteiger partial charge on any atom is 0.229 e. The van der Waals surface area contributed by atoms with Crippen LogP contribution in [0.15, 0.2) is 36.4 Å². The molecule has 1 fully saturated rings. The fourth-order valence-corrected chi connectivity index (χ4v) is 5.03. The van der Waals surface area contributed by atoms with Crippen LogP contribution in [0, 0.1) is 11.7 Å². The van der Waals surface area contributed by atoms with Gasteiger partial charge in [0.1, 0.15) is 24.9 Å². The minimum absolute atomic E-state index is 0.0409. The quantitative estimate of drug-likeness (QED) is 0.599. The van der Waals surface area contributed by atoms with Gasteiger partial charge in [0, 0.05) is 43.2 Å². The van der Waals surface area contributed by atoms with Gasteiger partial charge < -0.3 is 24.3 Å². The molecule has 36 heavy (non-hydrogen) atoms. The first kappa shape index (κ1) is 22.5. The molecule has 0 spiro atoms. The third-order valence-electron chi connectivity index (χ3n) is 6.93. The summed E-state index contributed by atoms with van der Waals surface area (Å²) >= 11 is 0. The van der Waals surface area contributed by atoms with E-state index in [2.05, 4.69) is 20.1 Å². The zero-order valence-electron chi connectivity index (χ0n) is 19.7. The summed E-state index contributed by atoms with van der Waals surface area (Å²) in [6, 6.07) is 9.84. The molecule has 9 nitrogen and oxygen atoms in total. The first-order chi connectivity index (χ1) is 17.6. The van der Waals surface area contributed by atoms with Gasteiger partial charge in [-0.3, -0.25) is 9.59 Å². The van der Waals surface area contributed by atoms with E-state index in [0.717, 1.165) is 38.1 Å². The second-order valence-corrected chi connectivity index (χ2v) is 9.32. The van der Waals surface area contributed by atoms with Gasteiger partial charge in [-0.25, -0.2) is 4.39 Å². The Balaban J connectivity index is 1.19. The van der Waals surface area contributed by atoms with Crippen molar-refractivity contribution in [1.82, 2.24) is 14.8 Å². The summed E-state index contributed by atoms with van der Waals surface area (Å²) in [6.45, 7) is 1.94. The van der Waals surface area contributed by atoms with E-state index in [-0.39, 0.29) is 24.6 Å². The maximum absolute atomic E-state index is 14.7. The number of hydrogen-bond acceptors (Lipinski definition) is 6. The Morgan fingerprint density at radius 2 is 1.89 bits per heavy atom. The molecule has 2 aromatic carbocycles. The van der Waals surface area contributed by atoms with Crippen LogP contribution in [0.3, 0.4) is 0 Å². The molecule has 1 unspecified atom stereocenters. The van der Waals surface area contributed by atoms with E-state index in [1.807, 2.05) is 0 Å². The molecular weight excluding hydrogens is 465 g/mol. The fraction of sp³-hybridized carbons (Fsp3) is 0.385. The molecule has 1 aromatic heterocycles. The smallest absolute Gasteiger partial charge is 0.229 e. The summed E-state index contributed by atoms with van der Waals surface area (Å²) in [4.78, 5) is 27.4. The van der Waals surface area contributed by atoms with Crippen molar-refractivity contribution in [1.29, 1.82) is 0 Å². The van der Waals surface area contributed by atoms with Crippen molar-refractivity contribution in [2.45, 2.75) is 38.6 Å². The summed E-state index contributed by atoms with van der Waals surface area (Å²) in [5, 5.41) is 11.3. The molecule has 3 aliphatic rings. The molecule has 186 valence electrons. The molecule has 3 aromatic rings. The number of aromatic nitrogens is 3. The molecule has 1 N–H and O–H groups in total. The predicted octanol–water partition coefficient (Wildman–Crippen LogP) is 3.57. The topological polar surface area (TPSA) is 98.6 Å². The van der Waals surface area contributed by atoms with Gasteiger partial charge in [-0.15, -0.1) is 10.2 Å². The van der Waals surface area contributed by atoms with Gasteiger partial charge in [-0.05, 0) is 43.2 Å². The van der Waals surface area contributed by atoms with E-state index in [1.165, 1.54) is 6.07 Å². The summed E-state index contributed by atoms with van der Waals surface area (Å²) < 4.78 is 27.9. The highest BCUT2D eigenvalue weighted by Gasteiger charge is 2.36. The lowest BCUT2D eigenvalue weighted by Gasteiger charge is -2.22. The zero-order chi connectivity index (χ0) is 24.6. The Hall–Kier alpha value is -3.95. The first-order valence-electron chi connectivity index (χ1n) is 12.3. The molecule has 1 atom stereocenters. The molecule has 0 aliphatic carbocycles. The Morgan fingerprint density at radius 1 is 1.03 bits per heavy atom. The highest BCUT2D eigenvalue weighted by Crippen LogP contribution is 2.36. The SMILES string of the molecule is O=C(Nc1cc(-c2nnc3n2CCCCC3)ccc1F)C1CC(=O)N(c2ccc3c(c2)OCCO3)C1. The Labute approximate surface area is 207 Å². The number of ether oxygens (including phenoxy) is 2. The van der Waals surface area contributed by atoms with Crippen molar-refractivity contribution in [3.05, 3.63) is 48.0 Å². The van der Waals surface area contributed by atoms with Crippen molar-refractivity contribution in [3.8, 4) is 22.9 Å². The van der Waals surface area contributed by atoms with Crippen molar-refractivity contribution in [2.75, 3.05) is 30.0 Å². The second kappa shape index (κ2) is 9.25. The average molecular weight is 492 g/mol. The van der Waals surface area contributed by atoms with Gasteiger partial charge >= 0.3 is 0 Å². The van der Waals surface area contributed by atoms with Crippen LogP contribution in [-0.4, -0.2) is 46.3 Å². The number of aryl methyl sites for hydroxylation is 1. The van der Waals surface area contributed by atoms with Crippen LogP contribution in [0.4, 0.5) is 15.8 Å². The molecule has 0 saturated carbocycles. The van der Waals surface area contributed by atoms with Gasteiger partial charge in [0.2, 0.25) is 11.8 Å². The minimum Gasteiger partial charge on any atom is -0.486 e. The number of benzene rings is 2. The highest BCUT2D eigenvalue weighted by molar-refractivity contribution is 6.03.